The topological polar surface area (TPSA) is 241 Å². The van der Waals surface area contributed by atoms with E-state index in [1.807, 2.05) is 27.7 Å². The van der Waals surface area contributed by atoms with E-state index in [2.05, 4.69) is 64.2 Å². The van der Waals surface area contributed by atoms with Crippen molar-refractivity contribution < 1.29 is 68.9 Å². The average molecular weight is 1070 g/mol. The molecule has 1 unspecified atom stereocenters. The first-order chi connectivity index (χ1) is 32.8. The fraction of sp³-hybridized carbons (Fsp3) is 0.818. The summed E-state index contributed by atoms with van der Waals surface area (Å²) in [4.78, 5) is 61.6. The van der Waals surface area contributed by atoms with E-state index in [-0.39, 0.29) is 74.2 Å². The first kappa shape index (κ1) is 60.0. The van der Waals surface area contributed by atoms with Gasteiger partial charge in [0.2, 0.25) is 11.9 Å². The summed E-state index contributed by atoms with van der Waals surface area (Å²) in [5.74, 6) is -1.94. The Morgan fingerprint density at radius 3 is 1.91 bits per heavy atom. The number of esters is 2. The molecule has 2 aromatic heterocycles. The third kappa shape index (κ3) is 19.0. The smallest absolute Gasteiger partial charge is 0.463 e. The minimum absolute atomic E-state index is 0.0410. The van der Waals surface area contributed by atoms with Gasteiger partial charge in [-0.1, -0.05) is 46.0 Å². The van der Waals surface area contributed by atoms with Gasteiger partial charge >= 0.3 is 21.0 Å². The van der Waals surface area contributed by atoms with Crippen LogP contribution in [0.15, 0.2) is 11.1 Å². The quantitative estimate of drug-likeness (QED) is 0.0284. The van der Waals surface area contributed by atoms with Crippen molar-refractivity contribution in [1.82, 2.24) is 24.2 Å². The molecule has 5 atom stereocenters. The zero-order chi connectivity index (χ0) is 52.0. The first-order valence-corrected chi connectivity index (χ1v) is 34.0. The summed E-state index contributed by atoms with van der Waals surface area (Å²) in [7, 11) is -9.23. The number of imidazole rings is 1. The van der Waals surface area contributed by atoms with Crippen LogP contribution in [0.5, 0.6) is 0 Å². The van der Waals surface area contributed by atoms with E-state index < -0.39 is 88.6 Å². The maximum Gasteiger partial charge on any atom is 0.658 e. The summed E-state index contributed by atoms with van der Waals surface area (Å²) in [6.07, 6.45) is 3.77. The van der Waals surface area contributed by atoms with E-state index in [1.54, 1.807) is 21.0 Å². The number of fused-ring (bicyclic) bond motifs is 1. The lowest BCUT2D eigenvalue weighted by Crippen LogP contribution is -2.61. The Labute approximate surface area is 417 Å². The highest BCUT2D eigenvalue weighted by Gasteiger charge is 2.57. The van der Waals surface area contributed by atoms with Crippen LogP contribution in [-0.2, 0) is 68.9 Å². The second-order valence-electron chi connectivity index (χ2n) is 20.1. The van der Waals surface area contributed by atoms with Gasteiger partial charge in [-0.2, -0.15) is 4.98 Å². The zero-order valence-corrected chi connectivity index (χ0v) is 47.9. The molecule has 2 aromatic rings. The Bertz CT molecular complexity index is 1970. The summed E-state index contributed by atoms with van der Waals surface area (Å²) >= 11 is 0. The molecule has 400 valence electrons. The molecular formula is C44H81N6O16PSi3. The molecule has 2 aliphatic rings. The van der Waals surface area contributed by atoms with Crippen molar-refractivity contribution in [2.24, 2.45) is 5.92 Å². The molecule has 0 radical (unpaired) electrons. The van der Waals surface area contributed by atoms with Gasteiger partial charge in [-0.3, -0.25) is 34.0 Å². The number of anilines is 1. The summed E-state index contributed by atoms with van der Waals surface area (Å²) in [5, 5.41) is 2.67. The van der Waals surface area contributed by atoms with E-state index in [4.69, 9.17) is 54.6 Å². The van der Waals surface area contributed by atoms with E-state index in [0.29, 0.717) is 0 Å². The van der Waals surface area contributed by atoms with Gasteiger partial charge in [0.15, 0.2) is 34.0 Å². The van der Waals surface area contributed by atoms with Crippen LogP contribution < -0.4 is 10.9 Å². The number of nitrogens with one attached hydrogen (secondary N) is 2. The highest BCUT2D eigenvalue weighted by molar-refractivity contribution is 7.44. The van der Waals surface area contributed by atoms with Crippen LogP contribution in [0.4, 0.5) is 5.95 Å². The highest BCUT2D eigenvalue weighted by Crippen LogP contribution is 2.50. The number of amides is 1. The fourth-order valence-electron chi connectivity index (χ4n) is 7.79. The number of ether oxygens (including phenoxy) is 6. The fourth-order valence-corrected chi connectivity index (χ4v) is 17.9. The van der Waals surface area contributed by atoms with Crippen LogP contribution in [0, 0.1) is 5.92 Å². The molecule has 4 rings (SSSR count). The molecule has 26 heteroatoms. The van der Waals surface area contributed by atoms with E-state index >= 15 is 0 Å². The van der Waals surface area contributed by atoms with E-state index in [9.17, 15) is 19.2 Å². The van der Waals surface area contributed by atoms with Gasteiger partial charge < -0.3 is 54.6 Å². The van der Waals surface area contributed by atoms with Gasteiger partial charge in [0, 0.05) is 39.0 Å². The molecule has 22 nitrogen and oxygen atoms in total. The Balaban J connectivity index is 1.95. The summed E-state index contributed by atoms with van der Waals surface area (Å²) in [6.45, 7) is 24.3. The predicted molar refractivity (Wildman–Crippen MR) is 268 cm³/mol. The third-order valence-electron chi connectivity index (χ3n) is 10.6. The standard InChI is InChI=1S/C44H81N6O16PSi3/c1-29(2)40(53)47-43-46-39-36(41(54)48-43)45-28-49(39)42-38(62-44(58-25-23-56-32(7)51)59-26-24-57-33(8)52)37(63-67(55-9)50(30(3)4)31(5)6)35(61-42)27-60-70(65-68(10,11)12,66-69(13,14)15)64-34-21-19-17-16-18-20-22-34/h28-31,34-35,37-38,42,44H,16-27H2,1-15H3,(H2,46,47,48,53,54)/t35-,37-,38-,42-,67?/m1/s1. The molecule has 70 heavy (non-hydrogen) atoms. The van der Waals surface area contributed by atoms with Crippen molar-refractivity contribution in [3.8, 4) is 0 Å². The number of hydrogen-bond acceptors (Lipinski definition) is 19. The normalized spacial score (nSPS) is 20.5. The molecule has 1 aliphatic heterocycles. The Kier molecular flexibility index (Phi) is 23.7. The number of carbonyl (C=O) groups is 3. The van der Waals surface area contributed by atoms with Gasteiger partial charge in [0.1, 0.15) is 31.5 Å². The van der Waals surface area contributed by atoms with Gasteiger partial charge in [0.05, 0.1) is 32.3 Å². The molecule has 1 saturated heterocycles. The monoisotopic (exact) mass is 1060 g/mol. The maximum atomic E-state index is 13.6. The SMILES string of the molecule is COP(O[C@H]1[C@@H](OC(OCCOC(C)=O)OCCOC(C)=O)[C@H](n2cnc3c(=O)[nH]c(NC(=O)C(C)C)nc32)O[C@@H]1CO[Si](OC1CCCCCCC1)(O[Si](C)(C)C)O[Si](C)(C)C)N(C(C)C)C(C)C. The van der Waals surface area contributed by atoms with Gasteiger partial charge in [-0.05, 0) is 79.8 Å². The number of carbonyl (C=O) groups excluding carboxylic acids is 3. The molecule has 1 aliphatic carbocycles. The summed E-state index contributed by atoms with van der Waals surface area (Å²) in [5.41, 5.74) is -0.622. The van der Waals surface area contributed by atoms with Crippen LogP contribution in [0.1, 0.15) is 107 Å². The van der Waals surface area contributed by atoms with Gasteiger partial charge in [0.25, 0.3) is 20.6 Å². The molecule has 1 saturated carbocycles. The number of hydrogen-bond donors (Lipinski definition) is 2. The minimum Gasteiger partial charge on any atom is -0.463 e. The maximum absolute atomic E-state index is 13.6. The van der Waals surface area contributed by atoms with Crippen LogP contribution in [0.3, 0.4) is 0 Å². The lowest BCUT2D eigenvalue weighted by Gasteiger charge is -2.41. The zero-order valence-electron chi connectivity index (χ0n) is 44.0. The Hall–Kier alpha value is -2.60. The molecule has 0 spiro atoms. The molecule has 0 aromatic carbocycles. The van der Waals surface area contributed by atoms with Gasteiger partial charge in [-0.15, -0.1) is 0 Å². The van der Waals surface area contributed by atoms with Crippen molar-refractivity contribution in [1.29, 1.82) is 0 Å². The number of aromatic amines is 1. The van der Waals surface area contributed by atoms with Gasteiger partial charge in [-0.25, -0.2) is 9.65 Å². The number of rotatable bonds is 28. The van der Waals surface area contributed by atoms with E-state index in [0.717, 1.165) is 38.5 Å². The first-order valence-electron chi connectivity index (χ1n) is 24.4. The van der Waals surface area contributed by atoms with Crippen molar-refractivity contribution in [2.45, 2.75) is 189 Å². The summed E-state index contributed by atoms with van der Waals surface area (Å²) in [6, 6.07) is -0.0820. The van der Waals surface area contributed by atoms with Crippen molar-refractivity contribution >= 4 is 69.2 Å². The Morgan fingerprint density at radius 2 is 1.41 bits per heavy atom. The Morgan fingerprint density at radius 1 is 0.857 bits per heavy atom. The number of H-pyrrole nitrogens is 1. The van der Waals surface area contributed by atoms with Crippen LogP contribution >= 0.6 is 8.53 Å². The third-order valence-corrected chi connectivity index (χ3v) is 20.7. The van der Waals surface area contributed by atoms with Crippen LogP contribution in [0.2, 0.25) is 39.3 Å². The van der Waals surface area contributed by atoms with Crippen molar-refractivity contribution in [3.63, 3.8) is 0 Å². The van der Waals surface area contributed by atoms with Crippen molar-refractivity contribution in [3.05, 3.63) is 16.7 Å². The van der Waals surface area contributed by atoms with Crippen LogP contribution in [-0.4, -0.2) is 151 Å². The highest BCUT2D eigenvalue weighted by atomic mass is 31.2. The molecular weight excluding hydrogens is 984 g/mol. The number of aromatic nitrogens is 4. The van der Waals surface area contributed by atoms with Crippen molar-refractivity contribution in [2.75, 3.05) is 45.5 Å². The lowest BCUT2D eigenvalue weighted by atomic mass is 9.99. The predicted octanol–water partition coefficient (Wildman–Crippen LogP) is 7.10. The number of nitrogens with zero attached hydrogens (tertiary/aromatic N) is 4. The summed E-state index contributed by atoms with van der Waals surface area (Å²) < 4.78 is 81.4. The molecule has 0 bridgehead atoms. The average Bonchev–Trinajstić information content (AvgIpc) is 3.79. The largest absolute Gasteiger partial charge is 0.658 e. The van der Waals surface area contributed by atoms with E-state index in [1.165, 1.54) is 31.2 Å². The molecule has 2 N–H and O–H groups in total. The second kappa shape index (κ2) is 27.6. The molecule has 2 fully saturated rings. The molecule has 1 amide bonds. The second-order valence-corrected chi connectivity index (χ2v) is 33.3. The minimum atomic E-state index is -4.02. The lowest BCUT2D eigenvalue weighted by molar-refractivity contribution is -0.320. The molecule has 3 heterocycles. The van der Waals surface area contributed by atoms with Crippen LogP contribution in [0.25, 0.3) is 11.2 Å².